The van der Waals surface area contributed by atoms with Crippen molar-refractivity contribution < 1.29 is 63.3 Å². The zero-order valence-electron chi connectivity index (χ0n) is 47.6. The molecule has 2 saturated heterocycles. The Hall–Kier alpha value is -9.32. The molecular weight excluding hydrogens is 1090 g/mol. The molecule has 7 rings (SSSR count). The van der Waals surface area contributed by atoms with Crippen molar-refractivity contribution in [3.05, 3.63) is 132 Å². The van der Waals surface area contributed by atoms with E-state index >= 15 is 0 Å². The summed E-state index contributed by atoms with van der Waals surface area (Å²) in [5.74, 6) is -7.95. The van der Waals surface area contributed by atoms with Gasteiger partial charge in [-0.2, -0.15) is 0 Å². The maximum Gasteiger partial charge on any atom is 0.245 e. The maximum atomic E-state index is 14.8. The van der Waals surface area contributed by atoms with Crippen LogP contribution in [-0.4, -0.2) is 171 Å². The number of aromatic nitrogens is 1. The molecule has 3 heterocycles. The summed E-state index contributed by atoms with van der Waals surface area (Å²) in [5.41, 5.74) is 2.98. The first-order valence-electron chi connectivity index (χ1n) is 28.6. The second-order valence-corrected chi connectivity index (χ2v) is 21.3. The minimum Gasteiger partial charge on any atom is -0.508 e. The molecular formula is C61H75N11O13. The Labute approximate surface area is 491 Å². The fourth-order valence-electron chi connectivity index (χ4n) is 10.3. The smallest absolute Gasteiger partial charge is 0.245 e. The molecule has 10 amide bonds. The molecule has 5 aromatic rings. The predicted octanol–water partition coefficient (Wildman–Crippen LogP) is 0.417. The molecule has 24 heteroatoms. The minimum atomic E-state index is -1.42. The lowest BCUT2D eigenvalue weighted by Gasteiger charge is -2.30. The zero-order valence-corrected chi connectivity index (χ0v) is 47.6. The second kappa shape index (κ2) is 30.8. The number of phenolic OH excluding ortho intramolecular Hbond substituents is 2. The Morgan fingerprint density at radius 3 is 1.73 bits per heavy atom. The summed E-state index contributed by atoms with van der Waals surface area (Å²) >= 11 is 0. The van der Waals surface area contributed by atoms with Gasteiger partial charge in [0.2, 0.25) is 59.1 Å². The van der Waals surface area contributed by atoms with Gasteiger partial charge in [-0.15, -0.1) is 0 Å². The van der Waals surface area contributed by atoms with Crippen molar-refractivity contribution in [2.75, 3.05) is 39.8 Å². The highest BCUT2D eigenvalue weighted by molar-refractivity contribution is 5.99. The lowest BCUT2D eigenvalue weighted by atomic mass is 10.00. The van der Waals surface area contributed by atoms with E-state index in [1.54, 1.807) is 54.7 Å². The van der Waals surface area contributed by atoms with Crippen molar-refractivity contribution in [2.45, 2.75) is 120 Å². The number of carbonyl (C=O) groups is 10. The van der Waals surface area contributed by atoms with Gasteiger partial charge in [-0.1, -0.05) is 99.0 Å². The van der Waals surface area contributed by atoms with Gasteiger partial charge >= 0.3 is 0 Å². The molecule has 452 valence electrons. The van der Waals surface area contributed by atoms with E-state index in [2.05, 4.69) is 47.5 Å². The number of hydrogen-bond acceptors (Lipinski definition) is 13. The van der Waals surface area contributed by atoms with E-state index in [9.17, 15) is 63.3 Å². The molecule has 0 bridgehead atoms. The van der Waals surface area contributed by atoms with Gasteiger partial charge in [0.15, 0.2) is 0 Å². The molecule has 2 aliphatic heterocycles. The van der Waals surface area contributed by atoms with Crippen LogP contribution in [0.3, 0.4) is 0 Å². The maximum absolute atomic E-state index is 14.8. The normalized spacial score (nSPS) is 22.5. The predicted molar refractivity (Wildman–Crippen MR) is 312 cm³/mol. The number of aromatic hydroxyl groups is 2. The number of nitrogens with zero attached hydrogens (tertiary/aromatic N) is 2. The minimum absolute atomic E-state index is 0.0457. The number of carbonyl (C=O) groups excluding carboxylic acids is 10. The van der Waals surface area contributed by atoms with Gasteiger partial charge in [0.05, 0.1) is 19.6 Å². The van der Waals surface area contributed by atoms with Crippen LogP contribution < -0.4 is 42.5 Å². The molecule has 24 nitrogen and oxygen atoms in total. The van der Waals surface area contributed by atoms with Crippen LogP contribution in [0.15, 0.2) is 109 Å². The lowest BCUT2D eigenvalue weighted by molar-refractivity contribution is -0.142. The quantitative estimate of drug-likeness (QED) is 0.0672. The van der Waals surface area contributed by atoms with Crippen molar-refractivity contribution >= 4 is 70.0 Å². The first kappa shape index (κ1) is 63.3. The van der Waals surface area contributed by atoms with Crippen molar-refractivity contribution in [3.8, 4) is 11.5 Å². The summed E-state index contributed by atoms with van der Waals surface area (Å²) in [7, 11) is 1.36. The van der Waals surface area contributed by atoms with Gasteiger partial charge in [-0.25, -0.2) is 0 Å². The Bertz CT molecular complexity index is 3160. The number of rotatable bonds is 14. The largest absolute Gasteiger partial charge is 0.508 e. The monoisotopic (exact) mass is 1170 g/mol. The fraction of sp³-hybridized carbons (Fsp3) is 0.410. The summed E-state index contributed by atoms with van der Waals surface area (Å²) < 4.78 is 0. The molecule has 12 N–H and O–H groups in total. The van der Waals surface area contributed by atoms with Gasteiger partial charge in [0, 0.05) is 63.0 Å². The summed E-state index contributed by atoms with van der Waals surface area (Å²) in [5, 5.41) is 52.3. The number of aliphatic hydroxyl groups excluding tert-OH is 1. The average Bonchev–Trinajstić information content (AvgIpc) is 3.59. The van der Waals surface area contributed by atoms with Gasteiger partial charge in [0.1, 0.15) is 53.8 Å². The molecule has 2 aliphatic rings. The zero-order chi connectivity index (χ0) is 61.0. The second-order valence-electron chi connectivity index (χ2n) is 21.3. The highest BCUT2D eigenvalue weighted by Gasteiger charge is 2.39. The third-order valence-electron chi connectivity index (χ3n) is 15.1. The van der Waals surface area contributed by atoms with Crippen molar-refractivity contribution in [3.63, 3.8) is 0 Å². The number of H-pyrrole nitrogens is 1. The summed E-state index contributed by atoms with van der Waals surface area (Å²) in [6, 6.07) is 18.5. The van der Waals surface area contributed by atoms with E-state index in [0.717, 1.165) is 22.2 Å². The van der Waals surface area contributed by atoms with Gasteiger partial charge in [0.25, 0.3) is 0 Å². The SMILES string of the molecule is CCCCC[C@@H]1NC(=O)[C@H](Cc2ccc(O)cc2)NC(=O)[C@H](Cc2ccccc2)N(C)C(=O)CNC(=O)CNC(=O)[C@H]2CCCN2C(=O)[C@H](CCO)NC(=O)[C@H](Cc2ccc(O)cc2)NC(=O)CNC(=O)[C@H](Cc2c[nH]c3ccccc23)NC1=O. The number of benzene rings is 4. The van der Waals surface area contributed by atoms with Gasteiger partial charge in [-0.3, -0.25) is 47.9 Å². The van der Waals surface area contributed by atoms with Crippen LogP contribution in [0.25, 0.3) is 10.9 Å². The van der Waals surface area contributed by atoms with E-state index in [1.807, 2.05) is 25.1 Å². The molecule has 0 spiro atoms. The Morgan fingerprint density at radius 1 is 0.518 bits per heavy atom. The highest BCUT2D eigenvalue weighted by atomic mass is 16.3. The van der Waals surface area contributed by atoms with E-state index < -0.39 is 128 Å². The van der Waals surface area contributed by atoms with E-state index in [-0.39, 0.29) is 63.0 Å². The third-order valence-corrected chi connectivity index (χ3v) is 15.1. The fourth-order valence-corrected chi connectivity index (χ4v) is 10.3. The van der Waals surface area contributed by atoms with Crippen LogP contribution in [0, 0.1) is 0 Å². The van der Waals surface area contributed by atoms with Crippen molar-refractivity contribution in [2.24, 2.45) is 0 Å². The Morgan fingerprint density at radius 2 is 1.07 bits per heavy atom. The standard InChI is InChI=1S/C61H75N11O13/c1-3-4-6-16-45-56(80)69-49(32-40-33-62-44-15-10-9-14-43(40)44)55(79)64-35-53(77)66-47(29-38-18-22-41(74)23-19-38)57(81)68-46(26-28-73)61(85)72-27-11-17-50(72)59(83)65-34-52(76)63-36-54(78)71(2)51(31-37-12-7-5-8-13-37)60(84)70-48(58(82)67-45)30-39-20-24-42(75)25-21-39/h5,7-10,12-15,18-25,33,45-51,62,73-75H,3-4,6,11,16-17,26-32,34-36H2,1-2H3,(H,63,76)(H,64,79)(H,65,83)(H,66,77)(H,67,82)(H,68,81)(H,69,80)(H,70,84)/t45-,46-,47-,48-,49-,50+,51-/m0/s1. The topological polar surface area (TPSA) is 350 Å². The Balaban J connectivity index is 1.24. The van der Waals surface area contributed by atoms with E-state index in [1.165, 1.54) is 48.3 Å². The molecule has 7 atom stereocenters. The number of phenols is 2. The number of unbranched alkanes of at least 4 members (excludes halogenated alkanes) is 2. The lowest BCUT2D eigenvalue weighted by Crippen LogP contribution is -2.60. The van der Waals surface area contributed by atoms with E-state index in [0.29, 0.717) is 41.5 Å². The number of para-hydroxylation sites is 1. The molecule has 0 radical (unpaired) electrons. The summed E-state index contributed by atoms with van der Waals surface area (Å²) in [6.45, 7) is -0.501. The third kappa shape index (κ3) is 18.1. The van der Waals surface area contributed by atoms with Crippen LogP contribution in [0.2, 0.25) is 0 Å². The number of aliphatic hydroxyl groups is 1. The van der Waals surface area contributed by atoms with Gasteiger partial charge in [-0.05, 0) is 78.3 Å². The molecule has 0 unspecified atom stereocenters. The van der Waals surface area contributed by atoms with Crippen LogP contribution >= 0.6 is 0 Å². The first-order valence-corrected chi connectivity index (χ1v) is 28.6. The molecule has 4 aromatic carbocycles. The van der Waals surface area contributed by atoms with Gasteiger partial charge < -0.3 is 72.6 Å². The number of hydrogen-bond donors (Lipinski definition) is 12. The number of fused-ring (bicyclic) bond motifs is 2. The van der Waals surface area contributed by atoms with Crippen molar-refractivity contribution in [1.29, 1.82) is 0 Å². The molecule has 0 aliphatic carbocycles. The van der Waals surface area contributed by atoms with E-state index in [4.69, 9.17) is 0 Å². The van der Waals surface area contributed by atoms with Crippen LogP contribution in [0.5, 0.6) is 11.5 Å². The average molecular weight is 1170 g/mol. The molecule has 0 saturated carbocycles. The molecule has 1 aromatic heterocycles. The van der Waals surface area contributed by atoms with Crippen molar-refractivity contribution in [1.82, 2.24) is 57.3 Å². The van der Waals surface area contributed by atoms with Crippen LogP contribution in [-0.2, 0) is 73.6 Å². The summed E-state index contributed by atoms with van der Waals surface area (Å²) in [4.78, 5) is 148. The molecule has 2 fully saturated rings. The first-order chi connectivity index (χ1) is 40.9. The Kier molecular flexibility index (Phi) is 22.9. The highest BCUT2D eigenvalue weighted by Crippen LogP contribution is 2.22. The number of amides is 10. The number of aromatic amines is 1. The summed E-state index contributed by atoms with van der Waals surface area (Å²) in [6.07, 6.45) is 3.39. The molecule has 85 heavy (non-hydrogen) atoms. The van der Waals surface area contributed by atoms with Crippen LogP contribution in [0.4, 0.5) is 0 Å². The van der Waals surface area contributed by atoms with Crippen LogP contribution in [0.1, 0.15) is 74.1 Å². The number of likely N-dealkylation sites (N-methyl/N-ethyl adjacent to an activating group) is 1. The number of nitrogens with one attached hydrogen (secondary N) is 9.